The van der Waals surface area contributed by atoms with E-state index in [1.165, 1.54) is 0 Å². The Kier molecular flexibility index (Phi) is 6.74. The summed E-state index contributed by atoms with van der Waals surface area (Å²) in [6.07, 6.45) is 1.95. The van der Waals surface area contributed by atoms with Crippen LogP contribution in [0.2, 0.25) is 0 Å². The topological polar surface area (TPSA) is 52.6 Å². The fourth-order valence-electron chi connectivity index (χ4n) is 0.853. The van der Waals surface area contributed by atoms with E-state index in [0.29, 0.717) is 0 Å². The molecule has 0 aromatic carbocycles. The highest BCUT2D eigenvalue weighted by Gasteiger charge is 2.02. The quantitative estimate of drug-likeness (QED) is 0.468. The lowest BCUT2D eigenvalue weighted by molar-refractivity contribution is 0.239. The zero-order valence-electron chi connectivity index (χ0n) is 7.04. The first kappa shape index (κ1) is 11.0. The summed E-state index contributed by atoms with van der Waals surface area (Å²) < 4.78 is 18.8. The third-order valence-corrected chi connectivity index (χ3v) is 1.61. The van der Waals surface area contributed by atoms with Crippen molar-refractivity contribution in [2.45, 2.75) is 26.7 Å². The summed E-state index contributed by atoms with van der Waals surface area (Å²) in [7, 11) is 0. The highest BCUT2D eigenvalue weighted by molar-refractivity contribution is 7.77. The minimum absolute atomic E-state index is 0.806. The van der Waals surface area contributed by atoms with Gasteiger partial charge in [0.2, 0.25) is 11.3 Å². The van der Waals surface area contributed by atoms with E-state index in [4.69, 9.17) is 4.55 Å². The number of hydrogen-bond donors (Lipinski definition) is 2. The largest absolute Gasteiger partial charge is 0.293 e. The second-order valence-electron chi connectivity index (χ2n) is 2.33. The van der Waals surface area contributed by atoms with Gasteiger partial charge in [0.1, 0.15) is 0 Å². The highest BCUT2D eigenvalue weighted by atomic mass is 32.2. The maximum atomic E-state index is 10.3. The van der Waals surface area contributed by atoms with Gasteiger partial charge in [0, 0.05) is 13.1 Å². The molecule has 4 nitrogen and oxygen atoms in total. The monoisotopic (exact) mass is 180 g/mol. The first-order valence-electron chi connectivity index (χ1n) is 3.82. The molecule has 0 bridgehead atoms. The third kappa shape index (κ3) is 6.43. The van der Waals surface area contributed by atoms with Gasteiger partial charge >= 0.3 is 0 Å². The van der Waals surface area contributed by atoms with E-state index in [1.807, 2.05) is 13.8 Å². The van der Waals surface area contributed by atoms with Crippen LogP contribution in [0.4, 0.5) is 0 Å². The van der Waals surface area contributed by atoms with Crippen molar-refractivity contribution in [2.75, 3.05) is 13.1 Å². The maximum Gasteiger partial charge on any atom is 0.246 e. The van der Waals surface area contributed by atoms with Crippen molar-refractivity contribution in [2.24, 2.45) is 0 Å². The normalized spacial score (nSPS) is 13.8. The predicted molar refractivity (Wildman–Crippen MR) is 46.1 cm³/mol. The molecule has 0 aliphatic rings. The zero-order valence-corrected chi connectivity index (χ0v) is 7.86. The number of hydrazine groups is 1. The summed E-state index contributed by atoms with van der Waals surface area (Å²) in [4.78, 5) is 2.44. The molecule has 0 fully saturated rings. The summed E-state index contributed by atoms with van der Waals surface area (Å²) >= 11 is -1.92. The van der Waals surface area contributed by atoms with Gasteiger partial charge in [-0.1, -0.05) is 13.8 Å². The fraction of sp³-hybridized carbons (Fsp3) is 1.00. The van der Waals surface area contributed by atoms with Crippen LogP contribution < -0.4 is 4.83 Å². The van der Waals surface area contributed by atoms with Crippen LogP contribution in [-0.4, -0.2) is 26.9 Å². The molecule has 2 N–H and O–H groups in total. The lowest BCUT2D eigenvalue weighted by Gasteiger charge is -2.18. The molecule has 1 unspecified atom stereocenters. The number of nitrogens with zero attached hydrogens (tertiary/aromatic N) is 1. The second-order valence-corrected chi connectivity index (χ2v) is 3.01. The molecule has 0 aromatic rings. The zero-order chi connectivity index (χ0) is 8.69. The number of nitrogens with one attached hydrogen (secondary N) is 1. The fourth-order valence-corrected chi connectivity index (χ4v) is 1.26. The summed E-state index contributed by atoms with van der Waals surface area (Å²) in [5.74, 6) is 0. The Labute approximate surface area is 70.4 Å². The van der Waals surface area contributed by atoms with Gasteiger partial charge in [-0.05, 0) is 12.8 Å². The minimum atomic E-state index is -1.92. The summed E-state index contributed by atoms with van der Waals surface area (Å²) in [6.45, 7) is 5.68. The van der Waals surface area contributed by atoms with Crippen LogP contribution in [0, 0.1) is 0 Å². The van der Waals surface area contributed by atoms with Gasteiger partial charge in [0.05, 0.1) is 0 Å². The molecule has 0 saturated heterocycles. The smallest absolute Gasteiger partial charge is 0.246 e. The molecule has 0 amide bonds. The lowest BCUT2D eigenvalue weighted by atomic mass is 10.4. The number of hydrogen-bond acceptors (Lipinski definition) is 2. The Morgan fingerprint density at radius 3 is 2.09 bits per heavy atom. The van der Waals surface area contributed by atoms with Crippen LogP contribution in [0.5, 0.6) is 0 Å². The molecular formula is C6H16N2O2S. The molecule has 0 spiro atoms. The molecule has 0 saturated carbocycles. The molecule has 1 atom stereocenters. The summed E-state index contributed by atoms with van der Waals surface area (Å²) in [5, 5.41) is 1.76. The average molecular weight is 180 g/mol. The predicted octanol–water partition coefficient (Wildman–Crippen LogP) is 0.750. The van der Waals surface area contributed by atoms with Crippen molar-refractivity contribution in [3.63, 3.8) is 0 Å². The molecule has 0 rings (SSSR count). The Hall–Kier alpha value is 0.0300. The molecule has 5 heteroatoms. The van der Waals surface area contributed by atoms with Crippen molar-refractivity contribution in [1.82, 2.24) is 9.84 Å². The first-order valence-corrected chi connectivity index (χ1v) is 4.93. The van der Waals surface area contributed by atoms with Crippen molar-refractivity contribution >= 4 is 11.3 Å². The van der Waals surface area contributed by atoms with Crippen molar-refractivity contribution in [1.29, 1.82) is 0 Å². The van der Waals surface area contributed by atoms with E-state index in [9.17, 15) is 4.21 Å². The standard InChI is InChI=1S/C6H16N2O2S/c1-3-5-8(6-4-2)7-11(9)10/h7H,3-6H2,1-2H3,(H,9,10). The van der Waals surface area contributed by atoms with Crippen LogP contribution in [0.15, 0.2) is 0 Å². The lowest BCUT2D eigenvalue weighted by Crippen LogP contribution is -2.39. The van der Waals surface area contributed by atoms with Gasteiger partial charge in [0.25, 0.3) is 0 Å². The minimum Gasteiger partial charge on any atom is -0.293 e. The molecule has 0 radical (unpaired) electrons. The van der Waals surface area contributed by atoms with E-state index in [0.717, 1.165) is 25.9 Å². The van der Waals surface area contributed by atoms with Gasteiger partial charge in [-0.25, -0.2) is 9.22 Å². The van der Waals surface area contributed by atoms with Gasteiger partial charge in [-0.2, -0.15) is 0 Å². The van der Waals surface area contributed by atoms with Crippen LogP contribution >= 0.6 is 0 Å². The number of rotatable bonds is 6. The Morgan fingerprint density at radius 2 is 1.82 bits per heavy atom. The molecule has 0 aromatic heterocycles. The van der Waals surface area contributed by atoms with Crippen molar-refractivity contribution in [3.05, 3.63) is 0 Å². The molecule has 11 heavy (non-hydrogen) atoms. The Bertz CT molecular complexity index is 115. The van der Waals surface area contributed by atoms with Crippen LogP contribution in [-0.2, 0) is 11.3 Å². The molecule has 0 aliphatic carbocycles. The van der Waals surface area contributed by atoms with Crippen molar-refractivity contribution in [3.8, 4) is 0 Å². The molecule has 0 aliphatic heterocycles. The first-order chi connectivity index (χ1) is 5.20. The van der Waals surface area contributed by atoms with Gasteiger partial charge in [0.15, 0.2) is 0 Å². The summed E-state index contributed by atoms with van der Waals surface area (Å²) in [5.41, 5.74) is 0. The SMILES string of the molecule is CCCN(CCC)NS(=O)O. The van der Waals surface area contributed by atoms with Crippen LogP contribution in [0.25, 0.3) is 0 Å². The van der Waals surface area contributed by atoms with E-state index in [2.05, 4.69) is 4.83 Å². The molecule has 0 heterocycles. The van der Waals surface area contributed by atoms with E-state index in [-0.39, 0.29) is 0 Å². The summed E-state index contributed by atoms with van der Waals surface area (Å²) in [6, 6.07) is 0. The molecule has 68 valence electrons. The van der Waals surface area contributed by atoms with E-state index in [1.54, 1.807) is 5.01 Å². The van der Waals surface area contributed by atoms with Gasteiger partial charge < -0.3 is 0 Å². The third-order valence-electron chi connectivity index (χ3n) is 1.19. The van der Waals surface area contributed by atoms with E-state index >= 15 is 0 Å². The van der Waals surface area contributed by atoms with E-state index < -0.39 is 11.3 Å². The van der Waals surface area contributed by atoms with Crippen LogP contribution in [0.1, 0.15) is 26.7 Å². The Balaban J connectivity index is 3.59. The van der Waals surface area contributed by atoms with Gasteiger partial charge in [-0.3, -0.25) is 4.55 Å². The van der Waals surface area contributed by atoms with Crippen LogP contribution in [0.3, 0.4) is 0 Å². The maximum absolute atomic E-state index is 10.3. The molecular weight excluding hydrogens is 164 g/mol. The average Bonchev–Trinajstić information content (AvgIpc) is 1.87. The Morgan fingerprint density at radius 1 is 1.36 bits per heavy atom. The highest BCUT2D eigenvalue weighted by Crippen LogP contribution is 1.89. The van der Waals surface area contributed by atoms with Gasteiger partial charge in [-0.15, -0.1) is 4.83 Å². The van der Waals surface area contributed by atoms with Crippen molar-refractivity contribution < 1.29 is 8.76 Å². The second kappa shape index (κ2) is 6.72.